The summed E-state index contributed by atoms with van der Waals surface area (Å²) in [6.45, 7) is 6.83. The smallest absolute Gasteiger partial charge is 0.0724 e. The largest absolute Gasteiger partial charge is 1.00 e. The first kappa shape index (κ1) is 14.9. The van der Waals surface area contributed by atoms with Crippen LogP contribution in [0, 0.1) is 11.3 Å². The molecule has 0 fully saturated rings. The summed E-state index contributed by atoms with van der Waals surface area (Å²) < 4.78 is 0. The van der Waals surface area contributed by atoms with Crippen molar-refractivity contribution in [1.82, 2.24) is 0 Å². The molecule has 0 aromatic rings. The monoisotopic (exact) mass is 251 g/mol. The zero-order valence-electron chi connectivity index (χ0n) is 8.31. The highest BCUT2D eigenvalue weighted by Gasteiger charge is 2.29. The summed E-state index contributed by atoms with van der Waals surface area (Å²) in [4.78, 5) is 0. The Morgan fingerprint density at radius 3 is 1.75 bits per heavy atom. The Bertz CT molecular complexity index is 130. The Balaban J connectivity index is 0. The molecule has 0 aromatic heterocycles. The van der Waals surface area contributed by atoms with Gasteiger partial charge >= 0.3 is 0 Å². The van der Waals surface area contributed by atoms with Crippen molar-refractivity contribution in [3.63, 3.8) is 0 Å². The van der Waals surface area contributed by atoms with E-state index in [1.54, 1.807) is 0 Å². The highest BCUT2D eigenvalue weighted by atomic mass is 79.9. The van der Waals surface area contributed by atoms with E-state index in [4.69, 9.17) is 5.26 Å². The van der Waals surface area contributed by atoms with E-state index in [2.05, 4.69) is 26.8 Å². The highest BCUT2D eigenvalue weighted by molar-refractivity contribution is 7.75. The standard InChI is InChI=1S/C9H19NP.BrH/c1-4-11(5-2,6-3)9-7-8-10;/h4-7,9H2,1-3H3;1H/q+1;/p-1. The molecule has 0 rings (SSSR count). The predicted octanol–water partition coefficient (Wildman–Crippen LogP) is -0.0186. The number of nitriles is 1. The fourth-order valence-corrected chi connectivity index (χ4v) is 4.30. The number of hydrogen-bond donors (Lipinski definition) is 0. The van der Waals surface area contributed by atoms with Crippen LogP contribution in [0.4, 0.5) is 0 Å². The maximum atomic E-state index is 8.48. The lowest BCUT2D eigenvalue weighted by molar-refractivity contribution is -0.00000283. The van der Waals surface area contributed by atoms with Crippen LogP contribution < -0.4 is 17.0 Å². The third-order valence-corrected chi connectivity index (χ3v) is 7.91. The third kappa shape index (κ3) is 4.43. The van der Waals surface area contributed by atoms with Crippen LogP contribution in [0.1, 0.15) is 27.2 Å². The molecule has 0 atom stereocenters. The van der Waals surface area contributed by atoms with Gasteiger partial charge in [0.2, 0.25) is 0 Å². The Morgan fingerprint density at radius 1 is 1.08 bits per heavy atom. The highest BCUT2D eigenvalue weighted by Crippen LogP contribution is 2.57. The Kier molecular flexibility index (Phi) is 9.96. The van der Waals surface area contributed by atoms with Gasteiger partial charge in [-0.05, 0) is 20.8 Å². The molecule has 0 saturated carbocycles. The fraction of sp³-hybridized carbons (Fsp3) is 0.889. The van der Waals surface area contributed by atoms with Crippen molar-refractivity contribution >= 4 is 7.26 Å². The molecule has 0 heterocycles. The van der Waals surface area contributed by atoms with Gasteiger partial charge < -0.3 is 17.0 Å². The summed E-state index contributed by atoms with van der Waals surface area (Å²) in [5, 5.41) is 8.48. The van der Waals surface area contributed by atoms with E-state index in [1.807, 2.05) is 0 Å². The van der Waals surface area contributed by atoms with Crippen molar-refractivity contribution < 1.29 is 17.0 Å². The van der Waals surface area contributed by atoms with Crippen LogP contribution in [0.15, 0.2) is 0 Å². The molecule has 0 bridgehead atoms. The molecule has 0 saturated heterocycles. The molecule has 0 spiro atoms. The van der Waals surface area contributed by atoms with Gasteiger partial charge in [-0.3, -0.25) is 0 Å². The van der Waals surface area contributed by atoms with Gasteiger partial charge in [0.15, 0.2) is 0 Å². The predicted molar refractivity (Wildman–Crippen MR) is 53.6 cm³/mol. The van der Waals surface area contributed by atoms with Crippen molar-refractivity contribution in [2.45, 2.75) is 27.2 Å². The number of rotatable bonds is 5. The summed E-state index contributed by atoms with van der Waals surface area (Å²) in [5.41, 5.74) is 0. The van der Waals surface area contributed by atoms with Crippen LogP contribution in [0.25, 0.3) is 0 Å². The molecule has 1 nitrogen and oxygen atoms in total. The van der Waals surface area contributed by atoms with Gasteiger partial charge in [0.05, 0.1) is 37.1 Å². The van der Waals surface area contributed by atoms with Gasteiger partial charge in [0.1, 0.15) is 0 Å². The number of halogens is 1. The van der Waals surface area contributed by atoms with Gasteiger partial charge in [-0.1, -0.05) is 0 Å². The lowest BCUT2D eigenvalue weighted by Crippen LogP contribution is -3.00. The molecule has 12 heavy (non-hydrogen) atoms. The van der Waals surface area contributed by atoms with Gasteiger partial charge in [-0.15, -0.1) is 0 Å². The Hall–Kier alpha value is 0.400. The second kappa shape index (κ2) is 8.02. The van der Waals surface area contributed by atoms with Gasteiger partial charge in [0.25, 0.3) is 0 Å². The van der Waals surface area contributed by atoms with E-state index in [0.717, 1.165) is 6.42 Å². The second-order valence-corrected chi connectivity index (χ2v) is 7.95. The van der Waals surface area contributed by atoms with E-state index in [1.165, 1.54) is 24.6 Å². The zero-order chi connectivity index (χ0) is 8.74. The molecule has 0 aliphatic carbocycles. The maximum absolute atomic E-state index is 8.48. The minimum absolute atomic E-state index is 0. The third-order valence-electron chi connectivity index (χ3n) is 2.71. The Morgan fingerprint density at radius 2 is 1.50 bits per heavy atom. The normalized spacial score (nSPS) is 10.2. The van der Waals surface area contributed by atoms with E-state index < -0.39 is 7.26 Å². The summed E-state index contributed by atoms with van der Waals surface area (Å²) in [6, 6.07) is 2.25. The van der Waals surface area contributed by atoms with Crippen LogP contribution >= 0.6 is 7.26 Å². The van der Waals surface area contributed by atoms with Crippen LogP contribution in [0.3, 0.4) is 0 Å². The minimum Gasteiger partial charge on any atom is -1.00 e. The second-order valence-electron chi connectivity index (χ2n) is 2.92. The molecule has 0 N–H and O–H groups in total. The molecular weight excluding hydrogens is 233 g/mol. The van der Waals surface area contributed by atoms with Crippen molar-refractivity contribution in [2.75, 3.05) is 24.6 Å². The van der Waals surface area contributed by atoms with Gasteiger partial charge in [-0.25, -0.2) is 0 Å². The lowest BCUT2D eigenvalue weighted by atomic mass is 10.6. The van der Waals surface area contributed by atoms with Crippen LogP contribution in [0.2, 0.25) is 0 Å². The summed E-state index contributed by atoms with van der Waals surface area (Å²) in [5.74, 6) is 0. The minimum atomic E-state index is -0.678. The SMILES string of the molecule is CC[P+](CC)(CC)CCC#N.[Br-]. The van der Waals surface area contributed by atoms with E-state index >= 15 is 0 Å². The van der Waals surface area contributed by atoms with Crippen LogP contribution in [-0.4, -0.2) is 24.6 Å². The van der Waals surface area contributed by atoms with Crippen molar-refractivity contribution in [2.24, 2.45) is 0 Å². The molecule has 0 radical (unpaired) electrons. The topological polar surface area (TPSA) is 23.8 Å². The first-order valence-electron chi connectivity index (χ1n) is 4.46. The van der Waals surface area contributed by atoms with E-state index in [9.17, 15) is 0 Å². The average molecular weight is 252 g/mol. The van der Waals surface area contributed by atoms with Crippen molar-refractivity contribution in [1.29, 1.82) is 5.26 Å². The molecular formula is C9H19BrNP. The van der Waals surface area contributed by atoms with Gasteiger partial charge in [-0.2, -0.15) is 5.26 Å². The summed E-state index contributed by atoms with van der Waals surface area (Å²) in [6.07, 6.45) is 5.92. The molecule has 72 valence electrons. The summed E-state index contributed by atoms with van der Waals surface area (Å²) >= 11 is 0. The lowest BCUT2D eigenvalue weighted by Gasteiger charge is -2.21. The molecule has 3 heteroatoms. The molecule has 0 unspecified atom stereocenters. The van der Waals surface area contributed by atoms with E-state index in [-0.39, 0.29) is 17.0 Å². The quantitative estimate of drug-likeness (QED) is 0.631. The van der Waals surface area contributed by atoms with Crippen LogP contribution in [-0.2, 0) is 0 Å². The number of nitrogens with zero attached hydrogens (tertiary/aromatic N) is 1. The van der Waals surface area contributed by atoms with E-state index in [0.29, 0.717) is 0 Å². The average Bonchev–Trinajstić information content (AvgIpc) is 2.08. The molecule has 0 aliphatic rings. The van der Waals surface area contributed by atoms with Crippen molar-refractivity contribution in [3.05, 3.63) is 0 Å². The van der Waals surface area contributed by atoms with Gasteiger partial charge in [0, 0.05) is 7.26 Å². The molecule has 0 aliphatic heterocycles. The molecule has 0 aromatic carbocycles. The Labute approximate surface area is 87.6 Å². The summed E-state index contributed by atoms with van der Waals surface area (Å²) in [7, 11) is -0.678. The van der Waals surface area contributed by atoms with Crippen LogP contribution in [0.5, 0.6) is 0 Å². The first-order valence-corrected chi connectivity index (χ1v) is 6.99. The molecule has 0 amide bonds. The number of hydrogen-bond acceptors (Lipinski definition) is 1. The first-order chi connectivity index (χ1) is 5.24. The zero-order valence-corrected chi connectivity index (χ0v) is 10.8. The maximum Gasteiger partial charge on any atom is 0.0724 e. The van der Waals surface area contributed by atoms with Crippen molar-refractivity contribution in [3.8, 4) is 6.07 Å². The fourth-order valence-electron chi connectivity index (χ4n) is 1.43.